The molecule has 0 fully saturated rings. The molecule has 1 amide bonds. The standard InChI is InChI=1S/C17H25NO3/c1-3-13-5-7-15(8-6-13)9-10-16(19)18-12-14(4-2)11-17(20)21/h5-8,14H,3-4,9-12H2,1-2H3,(H,18,19)(H,20,21). The third kappa shape index (κ3) is 6.93. The van der Waals surface area contributed by atoms with Crippen molar-refractivity contribution in [1.82, 2.24) is 5.32 Å². The fourth-order valence-electron chi connectivity index (χ4n) is 2.15. The molecule has 4 heteroatoms. The van der Waals surface area contributed by atoms with Gasteiger partial charge >= 0.3 is 5.97 Å². The lowest BCUT2D eigenvalue weighted by molar-refractivity contribution is -0.138. The lowest BCUT2D eigenvalue weighted by Crippen LogP contribution is -2.30. The molecule has 0 aromatic heterocycles. The number of rotatable bonds is 9. The number of amides is 1. The molecular weight excluding hydrogens is 266 g/mol. The number of aliphatic carboxylic acids is 1. The van der Waals surface area contributed by atoms with E-state index in [2.05, 4.69) is 36.5 Å². The first-order chi connectivity index (χ1) is 10.0. The summed E-state index contributed by atoms with van der Waals surface area (Å²) in [5.41, 5.74) is 2.45. The average molecular weight is 291 g/mol. The van der Waals surface area contributed by atoms with Gasteiger partial charge in [0.2, 0.25) is 5.91 Å². The molecule has 21 heavy (non-hydrogen) atoms. The number of carboxylic acids is 1. The lowest BCUT2D eigenvalue weighted by Gasteiger charge is -2.13. The topological polar surface area (TPSA) is 66.4 Å². The van der Waals surface area contributed by atoms with Crippen LogP contribution in [0.1, 0.15) is 44.2 Å². The summed E-state index contributed by atoms with van der Waals surface area (Å²) in [4.78, 5) is 22.5. The molecule has 4 nitrogen and oxygen atoms in total. The number of aryl methyl sites for hydroxylation is 2. The Morgan fingerprint density at radius 2 is 1.76 bits per heavy atom. The van der Waals surface area contributed by atoms with Crippen LogP contribution in [0, 0.1) is 5.92 Å². The van der Waals surface area contributed by atoms with Crippen LogP contribution in [0.15, 0.2) is 24.3 Å². The summed E-state index contributed by atoms with van der Waals surface area (Å²) in [5, 5.41) is 11.6. The lowest BCUT2D eigenvalue weighted by atomic mass is 10.0. The van der Waals surface area contributed by atoms with Crippen LogP contribution in [0.3, 0.4) is 0 Å². The Morgan fingerprint density at radius 1 is 1.14 bits per heavy atom. The van der Waals surface area contributed by atoms with E-state index >= 15 is 0 Å². The Hall–Kier alpha value is -1.84. The van der Waals surface area contributed by atoms with Crippen LogP contribution in [0.2, 0.25) is 0 Å². The third-order valence-corrected chi connectivity index (χ3v) is 3.70. The van der Waals surface area contributed by atoms with E-state index in [9.17, 15) is 9.59 Å². The van der Waals surface area contributed by atoms with Crippen molar-refractivity contribution >= 4 is 11.9 Å². The zero-order chi connectivity index (χ0) is 15.7. The van der Waals surface area contributed by atoms with E-state index in [-0.39, 0.29) is 18.2 Å². The van der Waals surface area contributed by atoms with Crippen LogP contribution in [-0.2, 0) is 22.4 Å². The summed E-state index contributed by atoms with van der Waals surface area (Å²) in [7, 11) is 0. The maximum Gasteiger partial charge on any atom is 0.303 e. The SMILES string of the molecule is CCc1ccc(CCC(=O)NCC(CC)CC(=O)O)cc1. The van der Waals surface area contributed by atoms with Crippen molar-refractivity contribution in [2.24, 2.45) is 5.92 Å². The van der Waals surface area contributed by atoms with Gasteiger partial charge in [-0.1, -0.05) is 44.5 Å². The number of hydrogen-bond acceptors (Lipinski definition) is 2. The highest BCUT2D eigenvalue weighted by Gasteiger charge is 2.12. The van der Waals surface area contributed by atoms with E-state index < -0.39 is 5.97 Å². The average Bonchev–Trinajstić information content (AvgIpc) is 2.49. The van der Waals surface area contributed by atoms with E-state index in [1.165, 1.54) is 5.56 Å². The van der Waals surface area contributed by atoms with Gasteiger partial charge in [-0.2, -0.15) is 0 Å². The predicted molar refractivity (Wildman–Crippen MR) is 83.2 cm³/mol. The smallest absolute Gasteiger partial charge is 0.303 e. The minimum atomic E-state index is -0.813. The van der Waals surface area contributed by atoms with Gasteiger partial charge < -0.3 is 10.4 Å². The van der Waals surface area contributed by atoms with Gasteiger partial charge in [-0.3, -0.25) is 9.59 Å². The van der Waals surface area contributed by atoms with Crippen LogP contribution in [0.5, 0.6) is 0 Å². The minimum Gasteiger partial charge on any atom is -0.481 e. The first-order valence-electron chi connectivity index (χ1n) is 7.61. The molecule has 1 atom stereocenters. The Kier molecular flexibility index (Phi) is 7.51. The second-order valence-corrected chi connectivity index (χ2v) is 5.35. The fourth-order valence-corrected chi connectivity index (χ4v) is 2.15. The van der Waals surface area contributed by atoms with E-state index in [4.69, 9.17) is 5.11 Å². The van der Waals surface area contributed by atoms with Gasteiger partial charge in [0, 0.05) is 19.4 Å². The molecular formula is C17H25NO3. The molecule has 1 unspecified atom stereocenters. The molecule has 0 heterocycles. The van der Waals surface area contributed by atoms with Gasteiger partial charge in [0.15, 0.2) is 0 Å². The molecule has 0 aliphatic carbocycles. The van der Waals surface area contributed by atoms with Gasteiger partial charge in [0.25, 0.3) is 0 Å². The maximum atomic E-state index is 11.8. The summed E-state index contributed by atoms with van der Waals surface area (Å²) in [6.07, 6.45) is 3.03. The van der Waals surface area contributed by atoms with Crippen molar-refractivity contribution in [2.45, 2.75) is 46.0 Å². The molecule has 0 aliphatic rings. The van der Waals surface area contributed by atoms with Gasteiger partial charge in [0.1, 0.15) is 0 Å². The maximum absolute atomic E-state index is 11.8. The Balaban J connectivity index is 2.31. The monoisotopic (exact) mass is 291 g/mol. The second kappa shape index (κ2) is 9.16. The minimum absolute atomic E-state index is 0.00953. The summed E-state index contributed by atoms with van der Waals surface area (Å²) < 4.78 is 0. The molecule has 0 radical (unpaired) electrons. The van der Waals surface area contributed by atoms with E-state index in [0.717, 1.165) is 18.4 Å². The van der Waals surface area contributed by atoms with Crippen molar-refractivity contribution in [3.8, 4) is 0 Å². The highest BCUT2D eigenvalue weighted by Crippen LogP contribution is 2.09. The second-order valence-electron chi connectivity index (χ2n) is 5.35. The summed E-state index contributed by atoms with van der Waals surface area (Å²) in [5.74, 6) is -0.819. The van der Waals surface area contributed by atoms with Crippen molar-refractivity contribution in [2.75, 3.05) is 6.54 Å². The van der Waals surface area contributed by atoms with E-state index in [0.29, 0.717) is 19.4 Å². The Labute approximate surface area is 126 Å². The van der Waals surface area contributed by atoms with Gasteiger partial charge in [-0.05, 0) is 29.9 Å². The van der Waals surface area contributed by atoms with Gasteiger partial charge in [-0.15, -0.1) is 0 Å². The molecule has 1 aromatic carbocycles. The molecule has 0 bridgehead atoms. The number of carbonyl (C=O) groups excluding carboxylic acids is 1. The van der Waals surface area contributed by atoms with Crippen molar-refractivity contribution in [3.05, 3.63) is 35.4 Å². The highest BCUT2D eigenvalue weighted by molar-refractivity contribution is 5.76. The number of nitrogens with one attached hydrogen (secondary N) is 1. The molecule has 0 spiro atoms. The molecule has 0 saturated carbocycles. The van der Waals surface area contributed by atoms with Crippen LogP contribution in [0.4, 0.5) is 0 Å². The first-order valence-corrected chi connectivity index (χ1v) is 7.61. The zero-order valence-electron chi connectivity index (χ0n) is 12.9. The Morgan fingerprint density at radius 3 is 2.29 bits per heavy atom. The van der Waals surface area contributed by atoms with Crippen molar-refractivity contribution < 1.29 is 14.7 Å². The molecule has 0 aliphatic heterocycles. The number of carbonyl (C=O) groups is 2. The predicted octanol–water partition coefficient (Wildman–Crippen LogP) is 2.80. The van der Waals surface area contributed by atoms with Crippen LogP contribution < -0.4 is 5.32 Å². The normalized spacial score (nSPS) is 11.9. The van der Waals surface area contributed by atoms with Crippen molar-refractivity contribution in [1.29, 1.82) is 0 Å². The first kappa shape index (κ1) is 17.2. The third-order valence-electron chi connectivity index (χ3n) is 3.70. The van der Waals surface area contributed by atoms with E-state index in [1.54, 1.807) is 0 Å². The fraction of sp³-hybridized carbons (Fsp3) is 0.529. The molecule has 2 N–H and O–H groups in total. The van der Waals surface area contributed by atoms with Crippen LogP contribution in [0.25, 0.3) is 0 Å². The van der Waals surface area contributed by atoms with Gasteiger partial charge in [-0.25, -0.2) is 0 Å². The van der Waals surface area contributed by atoms with Crippen molar-refractivity contribution in [3.63, 3.8) is 0 Å². The quantitative estimate of drug-likeness (QED) is 0.735. The largest absolute Gasteiger partial charge is 0.481 e. The molecule has 1 rings (SSSR count). The summed E-state index contributed by atoms with van der Waals surface area (Å²) >= 11 is 0. The zero-order valence-corrected chi connectivity index (χ0v) is 12.9. The number of carboxylic acid groups (broad SMARTS) is 1. The molecule has 1 aromatic rings. The number of hydrogen-bond donors (Lipinski definition) is 2. The van der Waals surface area contributed by atoms with Gasteiger partial charge in [0.05, 0.1) is 0 Å². The highest BCUT2D eigenvalue weighted by atomic mass is 16.4. The summed E-state index contributed by atoms with van der Waals surface area (Å²) in [6, 6.07) is 8.30. The Bertz CT molecular complexity index is 454. The molecule has 0 saturated heterocycles. The van der Waals surface area contributed by atoms with Crippen LogP contribution in [-0.4, -0.2) is 23.5 Å². The van der Waals surface area contributed by atoms with Crippen LogP contribution >= 0.6 is 0 Å². The summed E-state index contributed by atoms with van der Waals surface area (Å²) in [6.45, 7) is 4.50. The molecule has 116 valence electrons. The number of benzene rings is 1. The van der Waals surface area contributed by atoms with E-state index in [1.807, 2.05) is 6.92 Å².